The highest BCUT2D eigenvalue weighted by Crippen LogP contribution is 2.32. The molecule has 1 atom stereocenters. The van der Waals surface area contributed by atoms with Crippen molar-refractivity contribution in [2.75, 3.05) is 25.0 Å². The van der Waals surface area contributed by atoms with E-state index in [0.29, 0.717) is 18.4 Å². The zero-order chi connectivity index (χ0) is 23.2. The minimum Gasteiger partial charge on any atom is -0.324 e. The number of anilines is 2. The molecule has 7 heteroatoms. The SMILES string of the molecule is N#CC(Cn1cc(-c2ccnc(Nc3ccc(CCN4CCCC4)cc3)n2)cn1)C1CCCC1. The standard InChI is InChI=1S/C27H33N7/c28-17-23(22-5-1-2-6-22)19-34-20-24(18-30-34)26-11-13-29-27(32-26)31-25-9-7-21(8-10-25)12-16-33-14-3-4-15-33/h7-11,13,18,20,22-23H,1-6,12,14-16,19H2,(H,29,31,32). The van der Waals surface area contributed by atoms with Crippen molar-refractivity contribution in [2.45, 2.75) is 51.5 Å². The van der Waals surface area contributed by atoms with Gasteiger partial charge in [0.2, 0.25) is 5.95 Å². The number of likely N-dealkylation sites (tertiary alicyclic amines) is 1. The van der Waals surface area contributed by atoms with Gasteiger partial charge in [0.25, 0.3) is 0 Å². The van der Waals surface area contributed by atoms with Gasteiger partial charge in [-0.1, -0.05) is 25.0 Å². The lowest BCUT2D eigenvalue weighted by Crippen LogP contribution is -2.21. The number of hydrogen-bond donors (Lipinski definition) is 1. The Hall–Kier alpha value is -3.24. The van der Waals surface area contributed by atoms with Gasteiger partial charge >= 0.3 is 0 Å². The quantitative estimate of drug-likeness (QED) is 0.486. The maximum absolute atomic E-state index is 9.62. The van der Waals surface area contributed by atoms with E-state index < -0.39 is 0 Å². The van der Waals surface area contributed by atoms with Gasteiger partial charge in [-0.05, 0) is 74.9 Å². The van der Waals surface area contributed by atoms with E-state index in [1.165, 1.54) is 44.3 Å². The van der Waals surface area contributed by atoms with Crippen LogP contribution in [0, 0.1) is 23.2 Å². The minimum absolute atomic E-state index is 0.0243. The fraction of sp³-hybridized carbons (Fsp3) is 0.481. The molecule has 1 aliphatic carbocycles. The molecule has 176 valence electrons. The van der Waals surface area contributed by atoms with Gasteiger partial charge in [-0.2, -0.15) is 10.4 Å². The van der Waals surface area contributed by atoms with Crippen LogP contribution in [0.2, 0.25) is 0 Å². The van der Waals surface area contributed by atoms with E-state index >= 15 is 0 Å². The van der Waals surface area contributed by atoms with Crippen LogP contribution >= 0.6 is 0 Å². The molecule has 1 unspecified atom stereocenters. The number of aromatic nitrogens is 4. The van der Waals surface area contributed by atoms with Crippen LogP contribution in [0.25, 0.3) is 11.3 Å². The fourth-order valence-corrected chi connectivity index (χ4v) is 5.21. The smallest absolute Gasteiger partial charge is 0.227 e. The summed E-state index contributed by atoms with van der Waals surface area (Å²) in [4.78, 5) is 11.6. The molecule has 0 spiro atoms. The fourth-order valence-electron chi connectivity index (χ4n) is 5.21. The monoisotopic (exact) mass is 455 g/mol. The molecular weight excluding hydrogens is 422 g/mol. The van der Waals surface area contributed by atoms with Gasteiger partial charge in [-0.15, -0.1) is 0 Å². The summed E-state index contributed by atoms with van der Waals surface area (Å²) >= 11 is 0. The lowest BCUT2D eigenvalue weighted by atomic mass is 9.92. The van der Waals surface area contributed by atoms with Gasteiger partial charge in [0, 0.05) is 30.2 Å². The Labute approximate surface area is 201 Å². The maximum Gasteiger partial charge on any atom is 0.227 e. The van der Waals surface area contributed by atoms with Crippen molar-refractivity contribution >= 4 is 11.6 Å². The van der Waals surface area contributed by atoms with Crippen molar-refractivity contribution in [2.24, 2.45) is 11.8 Å². The maximum atomic E-state index is 9.62. The second kappa shape index (κ2) is 10.8. The molecule has 2 aliphatic rings. The molecule has 1 aromatic carbocycles. The summed E-state index contributed by atoms with van der Waals surface area (Å²) in [5, 5.41) is 17.4. The largest absolute Gasteiger partial charge is 0.324 e. The van der Waals surface area contributed by atoms with Gasteiger partial charge in [-0.25, -0.2) is 9.97 Å². The van der Waals surface area contributed by atoms with E-state index in [9.17, 15) is 5.26 Å². The molecule has 3 aromatic rings. The summed E-state index contributed by atoms with van der Waals surface area (Å²) in [7, 11) is 0. The van der Waals surface area contributed by atoms with Crippen LogP contribution in [0.5, 0.6) is 0 Å². The first-order valence-electron chi connectivity index (χ1n) is 12.6. The van der Waals surface area contributed by atoms with Gasteiger partial charge in [0.05, 0.1) is 30.4 Å². The van der Waals surface area contributed by atoms with E-state index in [-0.39, 0.29) is 5.92 Å². The summed E-state index contributed by atoms with van der Waals surface area (Å²) in [6.07, 6.45) is 14.1. The molecule has 0 bridgehead atoms. The van der Waals surface area contributed by atoms with Crippen molar-refractivity contribution in [3.05, 3.63) is 54.5 Å². The topological polar surface area (TPSA) is 82.7 Å². The molecule has 1 aliphatic heterocycles. The van der Waals surface area contributed by atoms with Gasteiger partial charge in [-0.3, -0.25) is 4.68 Å². The second-order valence-electron chi connectivity index (χ2n) is 9.62. The third-order valence-electron chi connectivity index (χ3n) is 7.23. The third kappa shape index (κ3) is 5.63. The Morgan fingerprint density at radius 1 is 1.06 bits per heavy atom. The molecule has 0 radical (unpaired) electrons. The predicted octanol–water partition coefficient (Wildman–Crippen LogP) is 5.05. The van der Waals surface area contributed by atoms with Crippen LogP contribution in [0.3, 0.4) is 0 Å². The molecule has 7 nitrogen and oxygen atoms in total. The second-order valence-corrected chi connectivity index (χ2v) is 9.62. The molecule has 5 rings (SSSR count). The summed E-state index contributed by atoms with van der Waals surface area (Å²) in [5.74, 6) is 1.09. The van der Waals surface area contributed by atoms with E-state index in [1.54, 1.807) is 6.20 Å². The van der Waals surface area contributed by atoms with Crippen LogP contribution < -0.4 is 5.32 Å². The van der Waals surface area contributed by atoms with Crippen LogP contribution in [0.4, 0.5) is 11.6 Å². The minimum atomic E-state index is 0.0243. The van der Waals surface area contributed by atoms with Crippen LogP contribution in [0.1, 0.15) is 44.1 Å². The molecule has 2 aromatic heterocycles. The molecule has 34 heavy (non-hydrogen) atoms. The lowest BCUT2D eigenvalue weighted by molar-refractivity contribution is 0.343. The Morgan fingerprint density at radius 3 is 2.62 bits per heavy atom. The van der Waals surface area contributed by atoms with Crippen LogP contribution in [-0.2, 0) is 13.0 Å². The van der Waals surface area contributed by atoms with Crippen LogP contribution in [0.15, 0.2) is 48.9 Å². The van der Waals surface area contributed by atoms with Gasteiger partial charge in [0.1, 0.15) is 0 Å². The van der Waals surface area contributed by atoms with Crippen LogP contribution in [-0.4, -0.2) is 44.3 Å². The summed E-state index contributed by atoms with van der Waals surface area (Å²) < 4.78 is 1.89. The molecule has 2 fully saturated rings. The normalized spacial score (nSPS) is 17.6. The molecule has 1 saturated heterocycles. The molecule has 0 amide bonds. The Balaban J connectivity index is 1.19. The number of nitrogens with one attached hydrogen (secondary N) is 1. The van der Waals surface area contributed by atoms with Crippen molar-refractivity contribution in [1.29, 1.82) is 5.26 Å². The lowest BCUT2D eigenvalue weighted by Gasteiger charge is -2.15. The number of nitrogens with zero attached hydrogens (tertiary/aromatic N) is 6. The Kier molecular flexibility index (Phi) is 7.16. The van der Waals surface area contributed by atoms with Crippen molar-refractivity contribution in [3.63, 3.8) is 0 Å². The zero-order valence-corrected chi connectivity index (χ0v) is 19.7. The molecule has 1 N–H and O–H groups in total. The average molecular weight is 456 g/mol. The number of benzene rings is 1. The van der Waals surface area contributed by atoms with Crippen molar-refractivity contribution in [1.82, 2.24) is 24.6 Å². The van der Waals surface area contributed by atoms with Gasteiger partial charge < -0.3 is 10.2 Å². The highest BCUT2D eigenvalue weighted by atomic mass is 15.3. The number of hydrogen-bond acceptors (Lipinski definition) is 6. The first kappa shape index (κ1) is 22.5. The van der Waals surface area contributed by atoms with E-state index in [0.717, 1.165) is 42.8 Å². The highest BCUT2D eigenvalue weighted by Gasteiger charge is 2.25. The molecule has 1 saturated carbocycles. The number of rotatable bonds is 9. The summed E-state index contributed by atoms with van der Waals surface area (Å²) in [5.41, 5.74) is 4.09. The number of nitriles is 1. The van der Waals surface area contributed by atoms with E-state index in [1.807, 2.05) is 23.1 Å². The zero-order valence-electron chi connectivity index (χ0n) is 19.7. The summed E-state index contributed by atoms with van der Waals surface area (Å²) in [6.45, 7) is 4.26. The first-order valence-corrected chi connectivity index (χ1v) is 12.6. The van der Waals surface area contributed by atoms with E-state index in [4.69, 9.17) is 4.98 Å². The third-order valence-corrected chi connectivity index (χ3v) is 7.23. The Bertz CT molecular complexity index is 1100. The summed E-state index contributed by atoms with van der Waals surface area (Å²) in [6, 6.07) is 13.0. The van der Waals surface area contributed by atoms with E-state index in [2.05, 4.69) is 50.6 Å². The highest BCUT2D eigenvalue weighted by molar-refractivity contribution is 5.60. The predicted molar refractivity (Wildman–Crippen MR) is 133 cm³/mol. The van der Waals surface area contributed by atoms with Crippen molar-refractivity contribution < 1.29 is 0 Å². The van der Waals surface area contributed by atoms with Crippen molar-refractivity contribution in [3.8, 4) is 17.3 Å². The molecule has 3 heterocycles. The Morgan fingerprint density at radius 2 is 1.85 bits per heavy atom. The average Bonchev–Trinajstić information content (AvgIpc) is 3.66. The van der Waals surface area contributed by atoms with Gasteiger partial charge in [0.15, 0.2) is 0 Å². The first-order chi connectivity index (χ1) is 16.8. The molecular formula is C27H33N7.